The number of benzene rings is 1. The second-order valence-corrected chi connectivity index (χ2v) is 4.05. The Kier molecular flexibility index (Phi) is 3.28. The lowest BCUT2D eigenvalue weighted by molar-refractivity contribution is 0.0954. The number of carbonyl (C=O) groups is 1. The van der Waals surface area contributed by atoms with Crippen molar-refractivity contribution in [3.8, 4) is 11.5 Å². The van der Waals surface area contributed by atoms with Crippen molar-refractivity contribution < 1.29 is 14.3 Å². The van der Waals surface area contributed by atoms with Crippen molar-refractivity contribution in [3.05, 3.63) is 53.9 Å². The van der Waals surface area contributed by atoms with Crippen LogP contribution in [-0.2, 0) is 0 Å². The van der Waals surface area contributed by atoms with E-state index in [1.54, 1.807) is 36.7 Å². The predicted molar refractivity (Wildman–Crippen MR) is 71.9 cm³/mol. The SMILES string of the molecule is O=C(NN=Cc1cccnc1)c1ccc2c(c1)OCO2. The summed E-state index contributed by atoms with van der Waals surface area (Å²) in [6.45, 7) is 0.180. The highest BCUT2D eigenvalue weighted by molar-refractivity contribution is 5.95. The summed E-state index contributed by atoms with van der Waals surface area (Å²) < 4.78 is 10.4. The van der Waals surface area contributed by atoms with Gasteiger partial charge in [-0.1, -0.05) is 6.07 Å². The van der Waals surface area contributed by atoms with Gasteiger partial charge in [-0.25, -0.2) is 5.43 Å². The molecule has 0 aliphatic carbocycles. The molecule has 2 aromatic rings. The van der Waals surface area contributed by atoms with Crippen LogP contribution in [0.2, 0.25) is 0 Å². The average molecular weight is 269 g/mol. The molecule has 100 valence electrons. The van der Waals surface area contributed by atoms with Crippen molar-refractivity contribution in [2.45, 2.75) is 0 Å². The fourth-order valence-corrected chi connectivity index (χ4v) is 1.72. The van der Waals surface area contributed by atoms with Crippen LogP contribution in [-0.4, -0.2) is 23.9 Å². The number of hydrogen-bond donors (Lipinski definition) is 1. The first-order valence-corrected chi connectivity index (χ1v) is 5.96. The van der Waals surface area contributed by atoms with Gasteiger partial charge in [-0.05, 0) is 24.3 Å². The van der Waals surface area contributed by atoms with Gasteiger partial charge in [-0.3, -0.25) is 9.78 Å². The van der Waals surface area contributed by atoms with Gasteiger partial charge in [0, 0.05) is 23.5 Å². The molecule has 0 saturated carbocycles. The first kappa shape index (κ1) is 12.2. The van der Waals surface area contributed by atoms with E-state index in [1.807, 2.05) is 6.07 Å². The molecule has 1 aromatic heterocycles. The number of carbonyl (C=O) groups excluding carboxylic acids is 1. The number of aromatic nitrogens is 1. The molecule has 20 heavy (non-hydrogen) atoms. The van der Waals surface area contributed by atoms with Crippen LogP contribution in [0.3, 0.4) is 0 Å². The van der Waals surface area contributed by atoms with E-state index in [1.165, 1.54) is 6.21 Å². The van der Waals surface area contributed by atoms with Crippen molar-refractivity contribution in [2.75, 3.05) is 6.79 Å². The number of hydrogen-bond acceptors (Lipinski definition) is 5. The molecular formula is C14H11N3O3. The van der Waals surface area contributed by atoms with E-state index in [4.69, 9.17) is 9.47 Å². The fraction of sp³-hybridized carbons (Fsp3) is 0.0714. The van der Waals surface area contributed by atoms with Crippen LogP contribution in [0.15, 0.2) is 47.8 Å². The highest BCUT2D eigenvalue weighted by Gasteiger charge is 2.15. The zero-order valence-corrected chi connectivity index (χ0v) is 10.4. The second-order valence-electron chi connectivity index (χ2n) is 4.05. The molecule has 0 radical (unpaired) electrons. The summed E-state index contributed by atoms with van der Waals surface area (Å²) in [5.74, 6) is 0.887. The van der Waals surface area contributed by atoms with Crippen molar-refractivity contribution in [3.63, 3.8) is 0 Å². The number of nitrogens with zero attached hydrogens (tertiary/aromatic N) is 2. The first-order chi connectivity index (χ1) is 9.83. The number of rotatable bonds is 3. The normalized spacial score (nSPS) is 12.6. The molecule has 1 aliphatic rings. The molecule has 1 amide bonds. The molecule has 6 heteroatoms. The largest absolute Gasteiger partial charge is 0.454 e. The maximum atomic E-state index is 11.9. The third-order valence-electron chi connectivity index (χ3n) is 2.70. The molecule has 0 spiro atoms. The third-order valence-corrected chi connectivity index (χ3v) is 2.70. The van der Waals surface area contributed by atoms with Crippen LogP contribution >= 0.6 is 0 Å². The van der Waals surface area contributed by atoms with Gasteiger partial charge in [0.05, 0.1) is 6.21 Å². The zero-order chi connectivity index (χ0) is 13.8. The average Bonchev–Trinajstić information content (AvgIpc) is 2.95. The summed E-state index contributed by atoms with van der Waals surface area (Å²) in [5, 5.41) is 3.87. The molecule has 0 fully saturated rings. The molecule has 1 aromatic carbocycles. The van der Waals surface area contributed by atoms with E-state index in [0.29, 0.717) is 17.1 Å². The van der Waals surface area contributed by atoms with Crippen LogP contribution in [0, 0.1) is 0 Å². The molecular weight excluding hydrogens is 258 g/mol. The maximum Gasteiger partial charge on any atom is 0.271 e. The second kappa shape index (κ2) is 5.40. The monoisotopic (exact) mass is 269 g/mol. The summed E-state index contributed by atoms with van der Waals surface area (Å²) in [6.07, 6.45) is 4.84. The standard InChI is InChI=1S/C14H11N3O3/c18-14(17-16-8-10-2-1-5-15-7-10)11-3-4-12-13(6-11)20-9-19-12/h1-8H,9H2,(H,17,18). The number of fused-ring (bicyclic) bond motifs is 1. The fourth-order valence-electron chi connectivity index (χ4n) is 1.72. The Morgan fingerprint density at radius 3 is 3.05 bits per heavy atom. The van der Waals surface area contributed by atoms with Gasteiger partial charge in [-0.2, -0.15) is 5.10 Å². The number of amides is 1. The Bertz CT molecular complexity index is 656. The lowest BCUT2D eigenvalue weighted by atomic mass is 10.2. The zero-order valence-electron chi connectivity index (χ0n) is 10.4. The van der Waals surface area contributed by atoms with Gasteiger partial charge in [0.25, 0.3) is 5.91 Å². The van der Waals surface area contributed by atoms with Crippen molar-refractivity contribution >= 4 is 12.1 Å². The van der Waals surface area contributed by atoms with Gasteiger partial charge in [-0.15, -0.1) is 0 Å². The highest BCUT2D eigenvalue weighted by atomic mass is 16.7. The Hall–Kier alpha value is -2.89. The smallest absolute Gasteiger partial charge is 0.271 e. The number of pyridine rings is 1. The van der Waals surface area contributed by atoms with Crippen LogP contribution in [0.1, 0.15) is 15.9 Å². The summed E-state index contributed by atoms with van der Waals surface area (Å²) in [4.78, 5) is 15.8. The molecule has 0 bridgehead atoms. The Morgan fingerprint density at radius 2 is 2.20 bits per heavy atom. The van der Waals surface area contributed by atoms with Crippen molar-refractivity contribution in [1.82, 2.24) is 10.4 Å². The van der Waals surface area contributed by atoms with Crippen LogP contribution in [0.25, 0.3) is 0 Å². The number of nitrogens with one attached hydrogen (secondary N) is 1. The Balaban J connectivity index is 1.66. The molecule has 0 saturated heterocycles. The molecule has 1 N–H and O–H groups in total. The quantitative estimate of drug-likeness (QED) is 0.678. The first-order valence-electron chi connectivity index (χ1n) is 5.96. The summed E-state index contributed by atoms with van der Waals surface area (Å²) in [6, 6.07) is 8.60. The molecule has 0 atom stereocenters. The van der Waals surface area contributed by atoms with E-state index < -0.39 is 0 Å². The minimum Gasteiger partial charge on any atom is -0.454 e. The van der Waals surface area contributed by atoms with Crippen LogP contribution in [0.5, 0.6) is 11.5 Å². The molecule has 2 heterocycles. The third kappa shape index (κ3) is 2.59. The lowest BCUT2D eigenvalue weighted by Gasteiger charge is -2.01. The molecule has 1 aliphatic heterocycles. The minimum absolute atomic E-state index is 0.180. The van der Waals surface area contributed by atoms with Gasteiger partial charge >= 0.3 is 0 Å². The summed E-state index contributed by atoms with van der Waals surface area (Å²) in [7, 11) is 0. The number of ether oxygens (including phenoxy) is 2. The van der Waals surface area contributed by atoms with E-state index in [-0.39, 0.29) is 12.7 Å². The molecule has 0 unspecified atom stereocenters. The summed E-state index contributed by atoms with van der Waals surface area (Å²) >= 11 is 0. The van der Waals surface area contributed by atoms with Gasteiger partial charge in [0.2, 0.25) is 6.79 Å². The lowest BCUT2D eigenvalue weighted by Crippen LogP contribution is -2.17. The maximum absolute atomic E-state index is 11.9. The predicted octanol–water partition coefficient (Wildman–Crippen LogP) is 1.57. The van der Waals surface area contributed by atoms with E-state index in [9.17, 15) is 4.79 Å². The summed E-state index contributed by atoms with van der Waals surface area (Å²) in [5.41, 5.74) is 3.71. The molecule has 6 nitrogen and oxygen atoms in total. The van der Waals surface area contributed by atoms with Crippen molar-refractivity contribution in [1.29, 1.82) is 0 Å². The van der Waals surface area contributed by atoms with Crippen molar-refractivity contribution in [2.24, 2.45) is 5.10 Å². The minimum atomic E-state index is -0.316. The van der Waals surface area contributed by atoms with Crippen LogP contribution in [0.4, 0.5) is 0 Å². The van der Waals surface area contributed by atoms with Gasteiger partial charge in [0.15, 0.2) is 11.5 Å². The van der Waals surface area contributed by atoms with Gasteiger partial charge < -0.3 is 9.47 Å². The van der Waals surface area contributed by atoms with E-state index in [0.717, 1.165) is 5.56 Å². The Morgan fingerprint density at radius 1 is 1.30 bits per heavy atom. The van der Waals surface area contributed by atoms with E-state index >= 15 is 0 Å². The highest BCUT2D eigenvalue weighted by Crippen LogP contribution is 2.32. The van der Waals surface area contributed by atoms with Gasteiger partial charge in [0.1, 0.15) is 0 Å². The number of hydrazone groups is 1. The molecule has 3 rings (SSSR count). The van der Waals surface area contributed by atoms with E-state index in [2.05, 4.69) is 15.5 Å². The topological polar surface area (TPSA) is 72.8 Å². The Labute approximate surface area is 115 Å². The van der Waals surface area contributed by atoms with Crippen LogP contribution < -0.4 is 14.9 Å².